The van der Waals surface area contributed by atoms with Crippen LogP contribution in [0.25, 0.3) is 10.2 Å². The Morgan fingerprint density at radius 1 is 1.47 bits per heavy atom. The van der Waals surface area contributed by atoms with E-state index in [9.17, 15) is 0 Å². The van der Waals surface area contributed by atoms with Crippen molar-refractivity contribution < 1.29 is 4.74 Å². The van der Waals surface area contributed by atoms with Crippen LogP contribution in [0.4, 0.5) is 5.82 Å². The van der Waals surface area contributed by atoms with Crippen molar-refractivity contribution in [2.75, 3.05) is 31.2 Å². The van der Waals surface area contributed by atoms with Gasteiger partial charge in [-0.15, -0.1) is 11.3 Å². The number of nitrogens with zero attached hydrogens (tertiary/aromatic N) is 3. The number of thiophene rings is 1. The number of piperidine rings is 1. The van der Waals surface area contributed by atoms with Gasteiger partial charge in [0.15, 0.2) is 0 Å². The molecule has 0 amide bonds. The average molecular weight is 277 g/mol. The Morgan fingerprint density at radius 3 is 3.32 bits per heavy atom. The summed E-state index contributed by atoms with van der Waals surface area (Å²) in [6, 6.07) is 2.13. The Hall–Kier alpha value is -1.20. The van der Waals surface area contributed by atoms with E-state index in [0.29, 0.717) is 5.92 Å². The van der Waals surface area contributed by atoms with Crippen molar-refractivity contribution >= 4 is 27.4 Å². The van der Waals surface area contributed by atoms with E-state index in [1.54, 1.807) is 17.7 Å². The van der Waals surface area contributed by atoms with Gasteiger partial charge in [0.25, 0.3) is 0 Å². The first-order valence-corrected chi connectivity index (χ1v) is 7.77. The molecule has 102 valence electrons. The van der Waals surface area contributed by atoms with Crippen molar-refractivity contribution in [2.24, 2.45) is 5.92 Å². The lowest BCUT2D eigenvalue weighted by atomic mass is 9.99. The van der Waals surface area contributed by atoms with Crippen molar-refractivity contribution in [3.63, 3.8) is 0 Å². The van der Waals surface area contributed by atoms with Crippen molar-refractivity contribution in [1.29, 1.82) is 0 Å². The van der Waals surface area contributed by atoms with Gasteiger partial charge in [0.05, 0.1) is 12.0 Å². The number of hydrogen-bond acceptors (Lipinski definition) is 5. The first-order chi connectivity index (χ1) is 9.38. The molecule has 4 nitrogen and oxygen atoms in total. The summed E-state index contributed by atoms with van der Waals surface area (Å²) < 4.78 is 5.57. The van der Waals surface area contributed by atoms with Gasteiger partial charge in [0, 0.05) is 19.7 Å². The average Bonchev–Trinajstić information content (AvgIpc) is 2.93. The first kappa shape index (κ1) is 12.8. The molecule has 3 rings (SSSR count). The molecule has 0 N–H and O–H groups in total. The minimum atomic E-state index is 0.623. The number of rotatable bonds is 4. The second kappa shape index (κ2) is 5.84. The van der Waals surface area contributed by atoms with Gasteiger partial charge in [-0.05, 0) is 37.1 Å². The normalized spacial score (nSPS) is 20.1. The van der Waals surface area contributed by atoms with E-state index in [-0.39, 0.29) is 0 Å². The second-order valence-corrected chi connectivity index (χ2v) is 5.85. The summed E-state index contributed by atoms with van der Waals surface area (Å²) in [6.07, 6.45) is 4.15. The van der Waals surface area contributed by atoms with E-state index < -0.39 is 0 Å². The number of anilines is 1. The predicted octanol–water partition coefficient (Wildman–Crippen LogP) is 2.94. The van der Waals surface area contributed by atoms with Gasteiger partial charge in [0.2, 0.25) is 0 Å². The Kier molecular flexibility index (Phi) is 3.94. The summed E-state index contributed by atoms with van der Waals surface area (Å²) in [4.78, 5) is 12.3. The van der Waals surface area contributed by atoms with Crippen LogP contribution in [-0.4, -0.2) is 36.3 Å². The van der Waals surface area contributed by atoms with E-state index in [0.717, 1.165) is 37.0 Å². The zero-order chi connectivity index (χ0) is 13.1. The molecular formula is C14H19N3OS. The predicted molar refractivity (Wildman–Crippen MR) is 78.8 cm³/mol. The molecule has 19 heavy (non-hydrogen) atoms. The third kappa shape index (κ3) is 2.72. The van der Waals surface area contributed by atoms with Gasteiger partial charge >= 0.3 is 0 Å². The highest BCUT2D eigenvalue weighted by atomic mass is 32.1. The molecule has 1 saturated heterocycles. The third-order valence-electron chi connectivity index (χ3n) is 3.62. The van der Waals surface area contributed by atoms with Gasteiger partial charge in [-0.2, -0.15) is 0 Å². The fourth-order valence-corrected chi connectivity index (χ4v) is 3.43. The van der Waals surface area contributed by atoms with E-state index in [1.807, 2.05) is 0 Å². The summed E-state index contributed by atoms with van der Waals surface area (Å²) >= 11 is 1.68. The molecular weight excluding hydrogens is 258 g/mol. The Morgan fingerprint density at radius 2 is 2.42 bits per heavy atom. The highest BCUT2D eigenvalue weighted by Crippen LogP contribution is 2.29. The van der Waals surface area contributed by atoms with Crippen molar-refractivity contribution in [3.05, 3.63) is 17.8 Å². The Labute approximate surface area is 117 Å². The van der Waals surface area contributed by atoms with Gasteiger partial charge < -0.3 is 9.64 Å². The van der Waals surface area contributed by atoms with Crippen LogP contribution in [0, 0.1) is 5.92 Å². The van der Waals surface area contributed by atoms with Crippen LogP contribution in [0.15, 0.2) is 17.8 Å². The van der Waals surface area contributed by atoms with E-state index in [2.05, 4.69) is 33.2 Å². The van der Waals surface area contributed by atoms with Crippen molar-refractivity contribution in [3.8, 4) is 0 Å². The minimum absolute atomic E-state index is 0.623. The monoisotopic (exact) mass is 277 g/mol. The molecule has 1 unspecified atom stereocenters. The standard InChI is InChI=1S/C14H19N3OS/c1-2-18-9-11-4-3-6-17(8-11)13-12-5-7-19-14(12)16-10-15-13/h5,7,10-11H,2-4,6,8-9H2,1H3. The quantitative estimate of drug-likeness (QED) is 0.861. The van der Waals surface area contributed by atoms with Crippen LogP contribution in [-0.2, 0) is 4.74 Å². The second-order valence-electron chi connectivity index (χ2n) is 4.95. The molecule has 1 aliphatic rings. The maximum absolute atomic E-state index is 5.57. The molecule has 0 bridgehead atoms. The van der Waals surface area contributed by atoms with Crippen LogP contribution < -0.4 is 4.90 Å². The lowest BCUT2D eigenvalue weighted by Crippen LogP contribution is -2.37. The summed E-state index contributed by atoms with van der Waals surface area (Å²) in [5.41, 5.74) is 0. The lowest BCUT2D eigenvalue weighted by molar-refractivity contribution is 0.104. The molecule has 5 heteroatoms. The third-order valence-corrected chi connectivity index (χ3v) is 4.44. The van der Waals surface area contributed by atoms with Gasteiger partial charge in [0.1, 0.15) is 17.0 Å². The molecule has 0 aliphatic carbocycles. The van der Waals surface area contributed by atoms with Crippen LogP contribution in [0.3, 0.4) is 0 Å². The van der Waals surface area contributed by atoms with Crippen LogP contribution >= 0.6 is 11.3 Å². The summed E-state index contributed by atoms with van der Waals surface area (Å²) in [5.74, 6) is 1.71. The Balaban J connectivity index is 1.79. The zero-order valence-electron chi connectivity index (χ0n) is 11.2. The summed E-state index contributed by atoms with van der Waals surface area (Å²) in [7, 11) is 0. The number of ether oxygens (including phenoxy) is 1. The van der Waals surface area contributed by atoms with E-state index in [4.69, 9.17) is 4.74 Å². The topological polar surface area (TPSA) is 38.2 Å². The molecule has 2 aromatic rings. The van der Waals surface area contributed by atoms with E-state index in [1.165, 1.54) is 18.2 Å². The molecule has 1 atom stereocenters. The van der Waals surface area contributed by atoms with Crippen molar-refractivity contribution in [2.45, 2.75) is 19.8 Å². The van der Waals surface area contributed by atoms with Crippen molar-refractivity contribution in [1.82, 2.24) is 9.97 Å². The van der Waals surface area contributed by atoms with Gasteiger partial charge in [-0.25, -0.2) is 9.97 Å². The number of hydrogen-bond donors (Lipinski definition) is 0. The smallest absolute Gasteiger partial charge is 0.140 e. The zero-order valence-corrected chi connectivity index (χ0v) is 12.0. The highest BCUT2D eigenvalue weighted by Gasteiger charge is 2.22. The van der Waals surface area contributed by atoms with Crippen LogP contribution in [0.2, 0.25) is 0 Å². The minimum Gasteiger partial charge on any atom is -0.381 e. The molecule has 0 saturated carbocycles. The molecule has 0 spiro atoms. The maximum atomic E-state index is 5.57. The lowest BCUT2D eigenvalue weighted by Gasteiger charge is -2.33. The SMILES string of the molecule is CCOCC1CCCN(c2ncnc3sccc23)C1. The van der Waals surface area contributed by atoms with E-state index >= 15 is 0 Å². The molecule has 3 heterocycles. The Bertz CT molecular complexity index is 542. The molecule has 2 aromatic heterocycles. The molecule has 1 fully saturated rings. The summed E-state index contributed by atoms with van der Waals surface area (Å²) in [5, 5.41) is 3.27. The van der Waals surface area contributed by atoms with Crippen LogP contribution in [0.5, 0.6) is 0 Å². The fourth-order valence-electron chi connectivity index (χ4n) is 2.71. The van der Waals surface area contributed by atoms with Crippen LogP contribution in [0.1, 0.15) is 19.8 Å². The fraction of sp³-hybridized carbons (Fsp3) is 0.571. The number of fused-ring (bicyclic) bond motifs is 1. The summed E-state index contributed by atoms with van der Waals surface area (Å²) in [6.45, 7) is 5.86. The molecule has 0 aromatic carbocycles. The largest absolute Gasteiger partial charge is 0.381 e. The highest BCUT2D eigenvalue weighted by molar-refractivity contribution is 7.16. The van der Waals surface area contributed by atoms with Gasteiger partial charge in [-0.3, -0.25) is 0 Å². The first-order valence-electron chi connectivity index (χ1n) is 6.89. The van der Waals surface area contributed by atoms with Gasteiger partial charge in [-0.1, -0.05) is 0 Å². The maximum Gasteiger partial charge on any atom is 0.140 e. The molecule has 1 aliphatic heterocycles. The molecule has 0 radical (unpaired) electrons. The number of aromatic nitrogens is 2.